The van der Waals surface area contributed by atoms with Gasteiger partial charge in [0.25, 0.3) is 0 Å². The maximum atomic E-state index is 12.7. The molecule has 4 N–H and O–H groups in total. The monoisotopic (exact) mass is 796 g/mol. The van der Waals surface area contributed by atoms with Crippen molar-refractivity contribution in [3.05, 3.63) is 59.7 Å². The number of ether oxygens (including phenoxy) is 9. The van der Waals surface area contributed by atoms with E-state index in [0.717, 1.165) is 11.1 Å². The topological polar surface area (TPSA) is 181 Å². The van der Waals surface area contributed by atoms with E-state index in [4.69, 9.17) is 42.6 Å². The first-order valence-corrected chi connectivity index (χ1v) is 19.4. The molecule has 0 fully saturated rings. The Balaban J connectivity index is 2.03. The van der Waals surface area contributed by atoms with Crippen molar-refractivity contribution < 1.29 is 67.9 Å². The van der Waals surface area contributed by atoms with Gasteiger partial charge in [-0.05, 0) is 83.9 Å². The van der Waals surface area contributed by atoms with E-state index in [1.165, 1.54) is 0 Å². The number of rotatable bonds is 29. The first-order valence-electron chi connectivity index (χ1n) is 19.4. The van der Waals surface area contributed by atoms with E-state index in [0.29, 0.717) is 12.4 Å². The summed E-state index contributed by atoms with van der Waals surface area (Å²) >= 11 is 0. The van der Waals surface area contributed by atoms with E-state index < -0.39 is 41.4 Å². The van der Waals surface area contributed by atoms with Crippen molar-refractivity contribution in [1.29, 1.82) is 0 Å². The maximum absolute atomic E-state index is 12.7. The molecule has 0 amide bonds. The second kappa shape index (κ2) is 25.5. The molecular weight excluding hydrogens is 728 g/mol. The molecule has 14 nitrogen and oxygen atoms in total. The van der Waals surface area contributed by atoms with Crippen molar-refractivity contribution in [2.24, 2.45) is 5.41 Å². The summed E-state index contributed by atoms with van der Waals surface area (Å²) in [6, 6.07) is 14.2. The van der Waals surface area contributed by atoms with Crippen LogP contribution in [0.15, 0.2) is 48.5 Å². The molecule has 0 saturated carbocycles. The fraction of sp³-hybridized carbons (Fsp3) is 0.690. The Morgan fingerprint density at radius 1 is 0.571 bits per heavy atom. The van der Waals surface area contributed by atoms with Gasteiger partial charge in [-0.15, -0.1) is 0 Å². The summed E-state index contributed by atoms with van der Waals surface area (Å²) in [5.74, 6) is 0.505. The van der Waals surface area contributed by atoms with Crippen LogP contribution in [0.5, 0.6) is 11.5 Å². The fourth-order valence-electron chi connectivity index (χ4n) is 5.39. The highest BCUT2D eigenvalue weighted by atomic mass is 16.7. The smallest absolute Gasteiger partial charge is 0.508 e. The zero-order chi connectivity index (χ0) is 41.7. The predicted octanol–water partition coefficient (Wildman–Crippen LogP) is 5.03. The SMILES string of the molecule is CC(O)COCC(COCC(C)OCC(C)O)(COCC(C)OCC(C)OCC(C)O)COCC(C)OC(=O)Oc1ccc(C(C)(C)c2cccc(O)c2)cc1. The average molecular weight is 797 g/mol. The summed E-state index contributed by atoms with van der Waals surface area (Å²) < 4.78 is 52.3. The molecule has 2 aromatic carbocycles. The van der Waals surface area contributed by atoms with Crippen molar-refractivity contribution in [2.75, 3.05) is 72.7 Å². The van der Waals surface area contributed by atoms with Crippen molar-refractivity contribution in [1.82, 2.24) is 0 Å². The molecule has 56 heavy (non-hydrogen) atoms. The van der Waals surface area contributed by atoms with Gasteiger partial charge in [0.15, 0.2) is 0 Å². The van der Waals surface area contributed by atoms with E-state index in [9.17, 15) is 25.2 Å². The van der Waals surface area contributed by atoms with E-state index in [1.807, 2.05) is 52.8 Å². The molecule has 0 aliphatic heterocycles. The number of aliphatic hydroxyl groups is 3. The average Bonchev–Trinajstić information content (AvgIpc) is 3.12. The van der Waals surface area contributed by atoms with Crippen molar-refractivity contribution in [3.8, 4) is 11.5 Å². The highest BCUT2D eigenvalue weighted by molar-refractivity contribution is 5.64. The Bertz CT molecular complexity index is 1350. The maximum Gasteiger partial charge on any atom is 0.514 e. The normalized spacial score (nSPS) is 16.9. The molecule has 320 valence electrons. The minimum absolute atomic E-state index is 0.0298. The lowest BCUT2D eigenvalue weighted by atomic mass is 9.78. The minimum atomic E-state index is -0.884. The van der Waals surface area contributed by atoms with E-state index in [-0.39, 0.29) is 90.1 Å². The zero-order valence-electron chi connectivity index (χ0n) is 34.8. The van der Waals surface area contributed by atoms with Crippen LogP contribution in [-0.4, -0.2) is 142 Å². The lowest BCUT2D eigenvalue weighted by molar-refractivity contribution is -0.138. The van der Waals surface area contributed by atoms with Crippen LogP contribution in [0.3, 0.4) is 0 Å². The van der Waals surface area contributed by atoms with Gasteiger partial charge in [0.1, 0.15) is 17.6 Å². The molecule has 0 bridgehead atoms. The summed E-state index contributed by atoms with van der Waals surface area (Å²) in [6.07, 6.45) is -4.22. The molecule has 0 heterocycles. The van der Waals surface area contributed by atoms with Gasteiger partial charge >= 0.3 is 6.16 Å². The number of phenolic OH excluding ortho intramolecular Hbond substituents is 1. The highest BCUT2D eigenvalue weighted by Crippen LogP contribution is 2.34. The van der Waals surface area contributed by atoms with Crippen LogP contribution >= 0.6 is 0 Å². The number of aromatic hydroxyl groups is 1. The molecular formula is C42H68O14. The largest absolute Gasteiger partial charge is 0.514 e. The fourth-order valence-corrected chi connectivity index (χ4v) is 5.39. The van der Waals surface area contributed by atoms with E-state index in [2.05, 4.69) is 0 Å². The third-order valence-electron chi connectivity index (χ3n) is 8.55. The van der Waals surface area contributed by atoms with Crippen LogP contribution < -0.4 is 4.74 Å². The van der Waals surface area contributed by atoms with Gasteiger partial charge in [-0.1, -0.05) is 38.1 Å². The van der Waals surface area contributed by atoms with Crippen molar-refractivity contribution in [2.45, 2.75) is 110 Å². The van der Waals surface area contributed by atoms with Crippen LogP contribution in [0.25, 0.3) is 0 Å². The second-order valence-electron chi connectivity index (χ2n) is 15.5. The molecule has 0 spiro atoms. The van der Waals surface area contributed by atoms with Gasteiger partial charge in [-0.3, -0.25) is 0 Å². The molecule has 8 unspecified atom stereocenters. The van der Waals surface area contributed by atoms with Gasteiger partial charge in [-0.25, -0.2) is 4.79 Å². The molecule has 0 aliphatic rings. The first kappa shape index (κ1) is 49.3. The summed E-state index contributed by atoms with van der Waals surface area (Å²) in [7, 11) is 0. The van der Waals surface area contributed by atoms with Crippen LogP contribution in [0.4, 0.5) is 4.79 Å². The van der Waals surface area contributed by atoms with E-state index >= 15 is 0 Å². The number of phenols is 1. The lowest BCUT2D eigenvalue weighted by Crippen LogP contribution is -2.44. The Morgan fingerprint density at radius 3 is 1.50 bits per heavy atom. The van der Waals surface area contributed by atoms with Crippen LogP contribution in [-0.2, 0) is 43.3 Å². The van der Waals surface area contributed by atoms with Gasteiger partial charge in [0, 0.05) is 5.41 Å². The lowest BCUT2D eigenvalue weighted by Gasteiger charge is -2.34. The third-order valence-corrected chi connectivity index (χ3v) is 8.55. The third kappa shape index (κ3) is 20.0. The van der Waals surface area contributed by atoms with Crippen LogP contribution in [0, 0.1) is 5.41 Å². The quantitative estimate of drug-likeness (QED) is 0.0636. The predicted molar refractivity (Wildman–Crippen MR) is 210 cm³/mol. The second-order valence-corrected chi connectivity index (χ2v) is 15.5. The Hall–Kier alpha value is -2.89. The molecule has 8 atom stereocenters. The van der Waals surface area contributed by atoms with Crippen LogP contribution in [0.2, 0.25) is 0 Å². The van der Waals surface area contributed by atoms with Gasteiger partial charge in [0.2, 0.25) is 0 Å². The molecule has 0 aliphatic carbocycles. The number of aliphatic hydroxyl groups excluding tert-OH is 3. The summed E-state index contributed by atoms with van der Waals surface area (Å²) in [4.78, 5) is 12.7. The van der Waals surface area contributed by atoms with Crippen molar-refractivity contribution in [3.63, 3.8) is 0 Å². The number of hydrogen-bond donors (Lipinski definition) is 4. The molecule has 0 saturated heterocycles. The molecule has 0 aromatic heterocycles. The molecule has 2 rings (SSSR count). The standard InChI is InChI=1S/C42H68O14/c1-29(43)18-48-25-42(26-49-21-32(4)52-19-30(2)44,27-50-22-33(5)54-24-34(6)53-20-31(3)45)28-51-23-35(7)55-40(47)56-39-15-13-36(14-16-39)41(8,9)37-11-10-12-38(46)17-37/h10-17,29-35,43-46H,18-28H2,1-9H3. The van der Waals surface area contributed by atoms with Gasteiger partial charge in [-0.2, -0.15) is 0 Å². The number of benzene rings is 2. The molecule has 2 aromatic rings. The Kier molecular flexibility index (Phi) is 22.4. The number of carbonyl (C=O) groups is 1. The summed E-state index contributed by atoms with van der Waals surface area (Å²) in [5, 5.41) is 38.9. The minimum Gasteiger partial charge on any atom is -0.508 e. The van der Waals surface area contributed by atoms with Crippen molar-refractivity contribution >= 4 is 6.16 Å². The van der Waals surface area contributed by atoms with E-state index in [1.54, 1.807) is 58.0 Å². The number of hydrogen-bond acceptors (Lipinski definition) is 14. The molecule has 14 heteroatoms. The Morgan fingerprint density at radius 2 is 1.02 bits per heavy atom. The summed E-state index contributed by atoms with van der Waals surface area (Å²) in [6.45, 7) is 18.1. The van der Waals surface area contributed by atoms with Gasteiger partial charge in [0.05, 0.1) is 115 Å². The highest BCUT2D eigenvalue weighted by Gasteiger charge is 2.34. The molecule has 0 radical (unpaired) electrons. The van der Waals surface area contributed by atoms with Gasteiger partial charge < -0.3 is 63.1 Å². The first-order chi connectivity index (χ1) is 26.4. The van der Waals surface area contributed by atoms with Crippen LogP contribution in [0.1, 0.15) is 73.4 Å². The summed E-state index contributed by atoms with van der Waals surface area (Å²) in [5.41, 5.74) is 0.662. The Labute approximate surface area is 333 Å². The zero-order valence-corrected chi connectivity index (χ0v) is 34.8. The number of carbonyl (C=O) groups excluding carboxylic acids is 1.